The number of urea groups is 1. The molecule has 6 nitrogen and oxygen atoms in total. The zero-order valence-electron chi connectivity index (χ0n) is 15.1. The lowest BCUT2D eigenvalue weighted by atomic mass is 10.0. The van der Waals surface area contributed by atoms with Gasteiger partial charge in [-0.3, -0.25) is 4.79 Å². The Labute approximate surface area is 149 Å². The molecule has 0 bridgehead atoms. The number of hydrogen-bond acceptors (Lipinski definition) is 3. The average Bonchev–Trinajstić information content (AvgIpc) is 3.11. The van der Waals surface area contributed by atoms with E-state index in [-0.39, 0.29) is 11.9 Å². The van der Waals surface area contributed by atoms with Gasteiger partial charge in [-0.05, 0) is 37.3 Å². The maximum atomic E-state index is 12.9. The first kappa shape index (κ1) is 17.6. The molecule has 0 saturated carbocycles. The highest BCUT2D eigenvalue weighted by Gasteiger charge is 2.33. The Morgan fingerprint density at radius 2 is 1.96 bits per heavy atom. The Morgan fingerprint density at radius 3 is 2.68 bits per heavy atom. The van der Waals surface area contributed by atoms with E-state index in [1.165, 1.54) is 12.8 Å². The van der Waals surface area contributed by atoms with E-state index >= 15 is 0 Å². The van der Waals surface area contributed by atoms with Crippen LogP contribution >= 0.6 is 0 Å². The summed E-state index contributed by atoms with van der Waals surface area (Å²) in [5.41, 5.74) is 1.89. The molecule has 3 rings (SSSR count). The number of carbonyl (C=O) groups excluding carboxylic acids is 2. The van der Waals surface area contributed by atoms with Crippen LogP contribution in [-0.2, 0) is 4.79 Å². The predicted octanol–water partition coefficient (Wildman–Crippen LogP) is 2.67. The second kappa shape index (κ2) is 7.76. The molecule has 2 N–H and O–H groups in total. The second-order valence-electron chi connectivity index (χ2n) is 7.27. The lowest BCUT2D eigenvalue weighted by Gasteiger charge is -2.36. The van der Waals surface area contributed by atoms with E-state index in [0.717, 1.165) is 24.5 Å². The molecule has 6 heteroatoms. The zero-order chi connectivity index (χ0) is 17.8. The quantitative estimate of drug-likeness (QED) is 0.883. The molecule has 2 saturated heterocycles. The van der Waals surface area contributed by atoms with Gasteiger partial charge in [0.25, 0.3) is 0 Å². The molecule has 0 aromatic heterocycles. The van der Waals surface area contributed by atoms with Crippen molar-refractivity contribution < 1.29 is 9.59 Å². The summed E-state index contributed by atoms with van der Waals surface area (Å²) in [6.45, 7) is 7.24. The van der Waals surface area contributed by atoms with Crippen LogP contribution < -0.4 is 15.5 Å². The van der Waals surface area contributed by atoms with Gasteiger partial charge in [0.2, 0.25) is 5.91 Å². The van der Waals surface area contributed by atoms with E-state index in [9.17, 15) is 9.59 Å². The van der Waals surface area contributed by atoms with Gasteiger partial charge in [0, 0.05) is 26.2 Å². The fourth-order valence-electron chi connectivity index (χ4n) is 3.64. The Kier molecular flexibility index (Phi) is 5.46. The van der Waals surface area contributed by atoms with Crippen LogP contribution in [0.25, 0.3) is 0 Å². The van der Waals surface area contributed by atoms with Gasteiger partial charge in [-0.1, -0.05) is 26.0 Å². The summed E-state index contributed by atoms with van der Waals surface area (Å²) >= 11 is 0. The first-order valence-corrected chi connectivity index (χ1v) is 9.25. The highest BCUT2D eigenvalue weighted by Crippen LogP contribution is 2.29. The van der Waals surface area contributed by atoms with Crippen molar-refractivity contribution in [2.45, 2.75) is 39.2 Å². The summed E-state index contributed by atoms with van der Waals surface area (Å²) in [6.07, 6.45) is 3.04. The van der Waals surface area contributed by atoms with Gasteiger partial charge in [-0.15, -0.1) is 0 Å². The smallest absolute Gasteiger partial charge is 0.322 e. The molecule has 1 atom stereocenters. The number of nitrogens with zero attached hydrogens (tertiary/aromatic N) is 2. The zero-order valence-corrected chi connectivity index (χ0v) is 15.1. The largest absolute Gasteiger partial charge is 0.370 e. The molecule has 3 amide bonds. The van der Waals surface area contributed by atoms with E-state index < -0.39 is 6.04 Å². The maximum Gasteiger partial charge on any atom is 0.322 e. The Balaban J connectivity index is 1.76. The molecular formula is C19H28N4O2. The topological polar surface area (TPSA) is 64.7 Å². The number of nitrogens with one attached hydrogen (secondary N) is 2. The number of rotatable bonds is 4. The predicted molar refractivity (Wildman–Crippen MR) is 99.9 cm³/mol. The summed E-state index contributed by atoms with van der Waals surface area (Å²) in [4.78, 5) is 29.1. The monoisotopic (exact) mass is 344 g/mol. The van der Waals surface area contributed by atoms with Crippen LogP contribution in [0.2, 0.25) is 0 Å². The first-order valence-electron chi connectivity index (χ1n) is 9.25. The highest BCUT2D eigenvalue weighted by molar-refractivity contribution is 5.97. The normalized spacial score (nSPS) is 20.8. The first-order chi connectivity index (χ1) is 12.1. The van der Waals surface area contributed by atoms with Crippen LogP contribution in [0.5, 0.6) is 0 Å². The molecule has 0 spiro atoms. The van der Waals surface area contributed by atoms with Gasteiger partial charge in [0.1, 0.15) is 6.04 Å². The minimum absolute atomic E-state index is 0.0528. The Bertz CT molecular complexity index is 626. The number of piperazine rings is 1. The van der Waals surface area contributed by atoms with Crippen LogP contribution in [0, 0.1) is 5.92 Å². The average molecular weight is 344 g/mol. The number of hydrogen-bond donors (Lipinski definition) is 2. The Hall–Kier alpha value is -2.24. The van der Waals surface area contributed by atoms with Crippen molar-refractivity contribution in [1.29, 1.82) is 0 Å². The molecule has 2 fully saturated rings. The number of anilines is 2. The number of benzene rings is 1. The third-order valence-corrected chi connectivity index (χ3v) is 4.88. The fourth-order valence-corrected chi connectivity index (χ4v) is 3.64. The molecule has 0 aliphatic carbocycles. The molecule has 2 heterocycles. The summed E-state index contributed by atoms with van der Waals surface area (Å²) in [5.74, 6) is 0.295. The van der Waals surface area contributed by atoms with E-state index in [1.807, 2.05) is 18.2 Å². The molecule has 136 valence electrons. The highest BCUT2D eigenvalue weighted by atomic mass is 16.2. The van der Waals surface area contributed by atoms with E-state index in [4.69, 9.17) is 0 Å². The van der Waals surface area contributed by atoms with Crippen LogP contribution in [0.4, 0.5) is 16.2 Å². The van der Waals surface area contributed by atoms with Gasteiger partial charge in [0.05, 0.1) is 11.4 Å². The van der Waals surface area contributed by atoms with Crippen molar-refractivity contribution in [3.05, 3.63) is 24.3 Å². The van der Waals surface area contributed by atoms with E-state index in [0.29, 0.717) is 25.4 Å². The lowest BCUT2D eigenvalue weighted by molar-refractivity contribution is -0.128. The summed E-state index contributed by atoms with van der Waals surface area (Å²) < 4.78 is 0. The van der Waals surface area contributed by atoms with Crippen molar-refractivity contribution in [2.24, 2.45) is 5.92 Å². The maximum absolute atomic E-state index is 12.9. The van der Waals surface area contributed by atoms with Crippen LogP contribution in [-0.4, -0.2) is 49.1 Å². The van der Waals surface area contributed by atoms with Crippen molar-refractivity contribution >= 4 is 23.3 Å². The van der Waals surface area contributed by atoms with Crippen molar-refractivity contribution in [3.63, 3.8) is 0 Å². The number of para-hydroxylation sites is 2. The Morgan fingerprint density at radius 1 is 1.24 bits per heavy atom. The molecular weight excluding hydrogens is 316 g/mol. The molecule has 0 radical (unpaired) electrons. The van der Waals surface area contributed by atoms with Gasteiger partial charge in [-0.25, -0.2) is 4.79 Å². The van der Waals surface area contributed by atoms with E-state index in [2.05, 4.69) is 35.4 Å². The lowest BCUT2D eigenvalue weighted by Crippen LogP contribution is -2.58. The van der Waals surface area contributed by atoms with Crippen LogP contribution in [0.15, 0.2) is 24.3 Å². The third-order valence-electron chi connectivity index (χ3n) is 4.88. The molecule has 2 aliphatic rings. The standard InChI is InChI=1S/C19H28N4O2/c1-14(2)13-17-18(24)20-9-12-23(17)19(25)21-15-7-3-4-8-16(15)22-10-5-6-11-22/h3-4,7-8,14,17H,5-6,9-13H2,1-2H3,(H,20,24)(H,21,25)/t17-/m1/s1. The van der Waals surface area contributed by atoms with Crippen molar-refractivity contribution in [1.82, 2.24) is 10.2 Å². The summed E-state index contributed by atoms with van der Waals surface area (Å²) in [7, 11) is 0. The van der Waals surface area contributed by atoms with Gasteiger partial charge >= 0.3 is 6.03 Å². The van der Waals surface area contributed by atoms with Gasteiger partial charge in [0.15, 0.2) is 0 Å². The van der Waals surface area contributed by atoms with Gasteiger partial charge in [-0.2, -0.15) is 0 Å². The fraction of sp³-hybridized carbons (Fsp3) is 0.579. The number of amides is 3. The van der Waals surface area contributed by atoms with Crippen LogP contribution in [0.1, 0.15) is 33.1 Å². The van der Waals surface area contributed by atoms with Crippen molar-refractivity contribution in [2.75, 3.05) is 36.4 Å². The molecule has 25 heavy (non-hydrogen) atoms. The second-order valence-corrected chi connectivity index (χ2v) is 7.27. The minimum atomic E-state index is -0.396. The number of carbonyl (C=O) groups is 2. The van der Waals surface area contributed by atoms with Crippen molar-refractivity contribution in [3.8, 4) is 0 Å². The van der Waals surface area contributed by atoms with Gasteiger partial charge < -0.3 is 20.4 Å². The minimum Gasteiger partial charge on any atom is -0.370 e. The summed E-state index contributed by atoms with van der Waals surface area (Å²) in [6, 6.07) is 7.34. The summed E-state index contributed by atoms with van der Waals surface area (Å²) in [5, 5.41) is 5.92. The van der Waals surface area contributed by atoms with E-state index in [1.54, 1.807) is 4.90 Å². The third kappa shape index (κ3) is 4.06. The van der Waals surface area contributed by atoms with Crippen LogP contribution in [0.3, 0.4) is 0 Å². The SMILES string of the molecule is CC(C)C[C@@H]1C(=O)NCCN1C(=O)Nc1ccccc1N1CCCC1. The molecule has 2 aliphatic heterocycles. The molecule has 1 aromatic carbocycles. The molecule has 1 aromatic rings. The molecule has 0 unspecified atom stereocenters.